The SMILES string of the molecule is CC(C)(C)OC(=O)N1C[C@@H](C(=O)N2CCC(C(F)(F)F)CC2)C[C@H]1COC(F)F. The number of ether oxygens (including phenoxy) is 2. The Kier molecular flexibility index (Phi) is 7.34. The Morgan fingerprint density at radius 2 is 1.69 bits per heavy atom. The number of likely N-dealkylation sites (tertiary alicyclic amines) is 2. The minimum Gasteiger partial charge on any atom is -0.444 e. The highest BCUT2D eigenvalue weighted by Crippen LogP contribution is 2.35. The van der Waals surface area contributed by atoms with Crippen LogP contribution < -0.4 is 0 Å². The molecule has 2 fully saturated rings. The average Bonchev–Trinajstić information content (AvgIpc) is 3.01. The van der Waals surface area contributed by atoms with Gasteiger partial charge in [0.1, 0.15) is 5.60 Å². The molecule has 0 aromatic heterocycles. The van der Waals surface area contributed by atoms with E-state index in [4.69, 9.17) is 4.74 Å². The minimum atomic E-state index is -4.28. The molecule has 2 amide bonds. The molecule has 0 unspecified atom stereocenters. The van der Waals surface area contributed by atoms with Gasteiger partial charge in [-0.3, -0.25) is 4.79 Å². The molecule has 2 rings (SSSR count). The summed E-state index contributed by atoms with van der Waals surface area (Å²) < 4.78 is 72.9. The number of rotatable bonds is 4. The monoisotopic (exact) mass is 430 g/mol. The number of hydrogen-bond donors (Lipinski definition) is 0. The smallest absolute Gasteiger partial charge is 0.410 e. The van der Waals surface area contributed by atoms with Gasteiger partial charge >= 0.3 is 18.9 Å². The van der Waals surface area contributed by atoms with E-state index in [9.17, 15) is 31.5 Å². The molecule has 0 aromatic rings. The predicted molar refractivity (Wildman–Crippen MR) is 92.2 cm³/mol. The Morgan fingerprint density at radius 1 is 1.10 bits per heavy atom. The number of halogens is 5. The molecular formula is C18H27F5N2O4. The Labute approximate surface area is 166 Å². The van der Waals surface area contributed by atoms with E-state index in [0.29, 0.717) is 0 Å². The van der Waals surface area contributed by atoms with Gasteiger partial charge in [0.15, 0.2) is 0 Å². The van der Waals surface area contributed by atoms with Gasteiger partial charge in [-0.05, 0) is 40.0 Å². The summed E-state index contributed by atoms with van der Waals surface area (Å²) in [6.45, 7) is 1.37. The third-order valence-electron chi connectivity index (χ3n) is 5.08. The molecule has 11 heteroatoms. The topological polar surface area (TPSA) is 59.1 Å². The van der Waals surface area contributed by atoms with Crippen LogP contribution in [0.3, 0.4) is 0 Å². The zero-order chi connectivity index (χ0) is 22.0. The molecule has 2 saturated heterocycles. The molecule has 2 aliphatic heterocycles. The summed E-state index contributed by atoms with van der Waals surface area (Å²) in [5.74, 6) is -2.50. The third-order valence-corrected chi connectivity index (χ3v) is 5.08. The lowest BCUT2D eigenvalue weighted by atomic mass is 9.94. The fraction of sp³-hybridized carbons (Fsp3) is 0.889. The van der Waals surface area contributed by atoms with Crippen molar-refractivity contribution in [3.8, 4) is 0 Å². The molecule has 0 spiro atoms. The Hall–Kier alpha value is -1.65. The van der Waals surface area contributed by atoms with Gasteiger partial charge in [0.2, 0.25) is 5.91 Å². The van der Waals surface area contributed by atoms with Gasteiger partial charge in [-0.2, -0.15) is 22.0 Å². The zero-order valence-corrected chi connectivity index (χ0v) is 16.7. The molecule has 168 valence electrons. The van der Waals surface area contributed by atoms with E-state index in [1.165, 1.54) is 9.80 Å². The van der Waals surface area contributed by atoms with E-state index in [1.807, 2.05) is 0 Å². The molecule has 0 bridgehead atoms. The number of carbonyl (C=O) groups excluding carboxylic acids is 2. The highest BCUT2D eigenvalue weighted by Gasteiger charge is 2.45. The summed E-state index contributed by atoms with van der Waals surface area (Å²) in [6.07, 6.45) is -5.28. The average molecular weight is 430 g/mol. The van der Waals surface area contributed by atoms with E-state index < -0.39 is 49.0 Å². The first-order valence-corrected chi connectivity index (χ1v) is 9.53. The van der Waals surface area contributed by atoms with Crippen LogP contribution in [0, 0.1) is 11.8 Å². The largest absolute Gasteiger partial charge is 0.444 e. The number of carbonyl (C=O) groups is 2. The van der Waals surface area contributed by atoms with Gasteiger partial charge in [0.05, 0.1) is 24.5 Å². The summed E-state index contributed by atoms with van der Waals surface area (Å²) in [5, 5.41) is 0. The van der Waals surface area contributed by atoms with E-state index in [2.05, 4.69) is 4.74 Å². The van der Waals surface area contributed by atoms with Gasteiger partial charge in [0.25, 0.3) is 0 Å². The summed E-state index contributed by atoms with van der Waals surface area (Å²) in [6, 6.07) is -0.777. The second-order valence-corrected chi connectivity index (χ2v) is 8.45. The lowest BCUT2D eigenvalue weighted by Gasteiger charge is -2.34. The number of nitrogens with zero attached hydrogens (tertiary/aromatic N) is 2. The fourth-order valence-electron chi connectivity index (χ4n) is 3.67. The van der Waals surface area contributed by atoms with Gasteiger partial charge in [-0.25, -0.2) is 4.79 Å². The zero-order valence-electron chi connectivity index (χ0n) is 16.7. The molecular weight excluding hydrogens is 403 g/mol. The molecule has 2 aliphatic rings. The lowest BCUT2D eigenvalue weighted by Crippen LogP contribution is -2.45. The van der Waals surface area contributed by atoms with Crippen LogP contribution >= 0.6 is 0 Å². The molecule has 0 radical (unpaired) electrons. The van der Waals surface area contributed by atoms with Crippen molar-refractivity contribution in [2.24, 2.45) is 11.8 Å². The van der Waals surface area contributed by atoms with Crippen molar-refractivity contribution in [1.29, 1.82) is 0 Å². The first kappa shape index (κ1) is 23.6. The van der Waals surface area contributed by atoms with Gasteiger partial charge in [-0.15, -0.1) is 0 Å². The summed E-state index contributed by atoms with van der Waals surface area (Å²) in [5.41, 5.74) is -0.813. The highest BCUT2D eigenvalue weighted by molar-refractivity contribution is 5.81. The molecule has 2 atom stereocenters. The van der Waals surface area contributed by atoms with Crippen LogP contribution in [0.1, 0.15) is 40.0 Å². The molecule has 0 saturated carbocycles. The molecule has 2 heterocycles. The molecule has 0 aromatic carbocycles. The highest BCUT2D eigenvalue weighted by atomic mass is 19.4. The number of hydrogen-bond acceptors (Lipinski definition) is 4. The van der Waals surface area contributed by atoms with Crippen LogP contribution in [0.5, 0.6) is 0 Å². The van der Waals surface area contributed by atoms with Crippen LogP contribution in [-0.4, -0.2) is 72.5 Å². The van der Waals surface area contributed by atoms with E-state index >= 15 is 0 Å². The van der Waals surface area contributed by atoms with Crippen molar-refractivity contribution in [2.75, 3.05) is 26.2 Å². The first-order chi connectivity index (χ1) is 13.3. The van der Waals surface area contributed by atoms with Gasteiger partial charge in [-0.1, -0.05) is 0 Å². The molecule has 0 aliphatic carbocycles. The van der Waals surface area contributed by atoms with Crippen molar-refractivity contribution < 1.29 is 41.0 Å². The van der Waals surface area contributed by atoms with Crippen molar-refractivity contribution in [2.45, 2.75) is 64.5 Å². The fourth-order valence-corrected chi connectivity index (χ4v) is 3.67. The maximum Gasteiger partial charge on any atom is 0.410 e. The van der Waals surface area contributed by atoms with Crippen molar-refractivity contribution in [3.05, 3.63) is 0 Å². The van der Waals surface area contributed by atoms with Gasteiger partial charge < -0.3 is 19.3 Å². The number of piperidine rings is 1. The van der Waals surface area contributed by atoms with Crippen LogP contribution in [0.25, 0.3) is 0 Å². The molecule has 6 nitrogen and oxygen atoms in total. The lowest BCUT2D eigenvalue weighted by molar-refractivity contribution is -0.186. The third kappa shape index (κ3) is 6.68. The Morgan fingerprint density at radius 3 is 2.17 bits per heavy atom. The summed E-state index contributed by atoms with van der Waals surface area (Å²) in [4.78, 5) is 27.7. The van der Waals surface area contributed by atoms with Crippen molar-refractivity contribution in [1.82, 2.24) is 9.80 Å². The first-order valence-electron chi connectivity index (χ1n) is 9.53. The van der Waals surface area contributed by atoms with Crippen LogP contribution in [-0.2, 0) is 14.3 Å². The predicted octanol–water partition coefficient (Wildman–Crippen LogP) is 3.65. The van der Waals surface area contributed by atoms with E-state index in [1.54, 1.807) is 20.8 Å². The molecule has 29 heavy (non-hydrogen) atoms. The summed E-state index contributed by atoms with van der Waals surface area (Å²) >= 11 is 0. The van der Waals surface area contributed by atoms with Crippen LogP contribution in [0.15, 0.2) is 0 Å². The van der Waals surface area contributed by atoms with Crippen molar-refractivity contribution in [3.63, 3.8) is 0 Å². The Bertz CT molecular complexity index is 586. The number of alkyl halides is 5. The Balaban J connectivity index is 2.01. The van der Waals surface area contributed by atoms with Crippen LogP contribution in [0.4, 0.5) is 26.7 Å². The standard InChI is InChI=1S/C18H27F5N2O4/c1-17(2,3)29-16(27)25-9-11(8-13(25)10-28-15(19)20)14(26)24-6-4-12(5-7-24)18(21,22)23/h11-13,15H,4-10H2,1-3H3/t11-,13-/m0/s1. The van der Waals surface area contributed by atoms with Gasteiger partial charge in [0, 0.05) is 19.6 Å². The van der Waals surface area contributed by atoms with E-state index in [0.717, 1.165) is 0 Å². The maximum absolute atomic E-state index is 12.8. The normalized spacial score (nSPS) is 24.3. The van der Waals surface area contributed by atoms with Crippen LogP contribution in [0.2, 0.25) is 0 Å². The van der Waals surface area contributed by atoms with E-state index in [-0.39, 0.29) is 44.8 Å². The number of amides is 2. The second-order valence-electron chi connectivity index (χ2n) is 8.45. The minimum absolute atomic E-state index is 0.0237. The summed E-state index contributed by atoms with van der Waals surface area (Å²) in [7, 11) is 0. The second kappa shape index (κ2) is 9.01. The molecule has 0 N–H and O–H groups in total. The maximum atomic E-state index is 12.8. The van der Waals surface area contributed by atoms with Crippen molar-refractivity contribution >= 4 is 12.0 Å². The quantitative estimate of drug-likeness (QED) is 0.639.